The molecule has 0 aromatic heterocycles. The Kier molecular flexibility index (Phi) is 3.75. The van der Waals surface area contributed by atoms with Gasteiger partial charge in [-0.2, -0.15) is 0 Å². The molecule has 16 heavy (non-hydrogen) atoms. The molecule has 0 bridgehead atoms. The maximum atomic E-state index is 5.71. The Bertz CT molecular complexity index is 356. The van der Waals surface area contributed by atoms with Gasteiger partial charge in [0.2, 0.25) is 0 Å². The summed E-state index contributed by atoms with van der Waals surface area (Å²) < 4.78 is 5.62. The zero-order chi connectivity index (χ0) is 11.5. The fourth-order valence-electron chi connectivity index (χ4n) is 2.08. The summed E-state index contributed by atoms with van der Waals surface area (Å²) in [7, 11) is 0. The number of ether oxygens (including phenoxy) is 1. The van der Waals surface area contributed by atoms with Crippen molar-refractivity contribution in [3.05, 3.63) is 29.3 Å². The van der Waals surface area contributed by atoms with Crippen LogP contribution in [0.2, 0.25) is 0 Å². The molecule has 0 saturated heterocycles. The van der Waals surface area contributed by atoms with Gasteiger partial charge in [0.25, 0.3) is 0 Å². The highest BCUT2D eigenvalue weighted by Crippen LogP contribution is 2.38. The molecule has 1 aromatic carbocycles. The van der Waals surface area contributed by atoms with Crippen molar-refractivity contribution in [3.8, 4) is 5.75 Å². The van der Waals surface area contributed by atoms with Crippen molar-refractivity contribution < 1.29 is 4.74 Å². The Morgan fingerprint density at radius 3 is 2.69 bits per heavy atom. The van der Waals surface area contributed by atoms with Crippen LogP contribution in [-0.4, -0.2) is 6.07 Å². The monoisotopic (exact) mass is 238 g/mol. The predicted octanol–water partition coefficient (Wildman–Crippen LogP) is 4.34. The van der Waals surface area contributed by atoms with Gasteiger partial charge < -0.3 is 4.74 Å². The normalized spacial score (nSPS) is 15.5. The van der Waals surface area contributed by atoms with Gasteiger partial charge >= 0.3 is 0 Å². The summed E-state index contributed by atoms with van der Waals surface area (Å²) in [5, 5.41) is 0. The van der Waals surface area contributed by atoms with Crippen LogP contribution < -0.4 is 4.74 Å². The Hall–Kier alpha value is -0.690. The van der Waals surface area contributed by atoms with Crippen LogP contribution in [0.1, 0.15) is 43.7 Å². The Morgan fingerprint density at radius 1 is 1.38 bits per heavy atom. The Balaban J connectivity index is 2.29. The van der Waals surface area contributed by atoms with E-state index in [-0.39, 0.29) is 6.07 Å². The molecule has 88 valence electrons. The molecule has 0 radical (unpaired) electrons. The molecule has 2 heteroatoms. The third-order valence-electron chi connectivity index (χ3n) is 3.15. The predicted molar refractivity (Wildman–Crippen MR) is 68.3 cm³/mol. The van der Waals surface area contributed by atoms with E-state index in [1.165, 1.54) is 24.0 Å². The number of halogens is 1. The number of hydrogen-bond acceptors (Lipinski definition) is 1. The van der Waals surface area contributed by atoms with E-state index in [4.69, 9.17) is 16.3 Å². The Labute approximate surface area is 103 Å². The summed E-state index contributed by atoms with van der Waals surface area (Å²) in [4.78, 5) is 0. The fourth-order valence-corrected chi connectivity index (χ4v) is 2.19. The first-order valence-corrected chi connectivity index (χ1v) is 6.56. The highest BCUT2D eigenvalue weighted by Gasteiger charge is 2.24. The van der Waals surface area contributed by atoms with Crippen LogP contribution in [0.25, 0.3) is 0 Å². The first kappa shape index (κ1) is 11.8. The van der Waals surface area contributed by atoms with Crippen LogP contribution in [0.4, 0.5) is 0 Å². The summed E-state index contributed by atoms with van der Waals surface area (Å²) in [6.45, 7) is 4.38. The van der Waals surface area contributed by atoms with E-state index in [2.05, 4.69) is 32.0 Å². The van der Waals surface area contributed by atoms with Gasteiger partial charge in [-0.15, -0.1) is 0 Å². The molecule has 0 unspecified atom stereocenters. The van der Waals surface area contributed by atoms with E-state index in [0.29, 0.717) is 5.92 Å². The van der Waals surface area contributed by atoms with Crippen molar-refractivity contribution in [2.24, 2.45) is 5.92 Å². The largest absolute Gasteiger partial charge is 0.477 e. The van der Waals surface area contributed by atoms with Crippen molar-refractivity contribution in [2.75, 3.05) is 6.07 Å². The van der Waals surface area contributed by atoms with Crippen LogP contribution in [0.15, 0.2) is 18.2 Å². The smallest absolute Gasteiger partial charge is 0.162 e. The van der Waals surface area contributed by atoms with Gasteiger partial charge in [0, 0.05) is 0 Å². The highest BCUT2D eigenvalue weighted by atomic mass is 35.5. The lowest BCUT2D eigenvalue weighted by molar-refractivity contribution is 0.376. The van der Waals surface area contributed by atoms with E-state index in [1.807, 2.05) is 0 Å². The van der Waals surface area contributed by atoms with E-state index in [9.17, 15) is 0 Å². The summed E-state index contributed by atoms with van der Waals surface area (Å²) in [5.74, 6) is 2.39. The quantitative estimate of drug-likeness (QED) is 0.694. The molecule has 0 spiro atoms. The van der Waals surface area contributed by atoms with Crippen LogP contribution >= 0.6 is 11.6 Å². The SMILES string of the molecule is CC(C)c1cccc(CC2CC2)c1OCCl. The minimum absolute atomic E-state index is 0.238. The summed E-state index contributed by atoms with van der Waals surface area (Å²) >= 11 is 5.71. The minimum atomic E-state index is 0.238. The molecule has 0 N–H and O–H groups in total. The molecule has 0 aliphatic heterocycles. The van der Waals surface area contributed by atoms with Gasteiger partial charge in [-0.25, -0.2) is 0 Å². The molecule has 1 nitrogen and oxygen atoms in total. The van der Waals surface area contributed by atoms with Crippen molar-refractivity contribution in [2.45, 2.75) is 39.0 Å². The van der Waals surface area contributed by atoms with E-state index >= 15 is 0 Å². The molecule has 1 aliphatic rings. The topological polar surface area (TPSA) is 9.23 Å². The third-order valence-corrected chi connectivity index (χ3v) is 3.26. The molecular formula is C14H19ClO. The lowest BCUT2D eigenvalue weighted by Gasteiger charge is -2.16. The van der Waals surface area contributed by atoms with Gasteiger partial charge in [-0.1, -0.05) is 43.6 Å². The van der Waals surface area contributed by atoms with Gasteiger partial charge in [0.1, 0.15) is 5.75 Å². The van der Waals surface area contributed by atoms with Crippen LogP contribution in [0.5, 0.6) is 5.75 Å². The molecule has 1 aliphatic carbocycles. The van der Waals surface area contributed by atoms with E-state index in [0.717, 1.165) is 18.1 Å². The molecule has 2 rings (SSSR count). The molecule has 1 aromatic rings. The molecular weight excluding hydrogens is 220 g/mol. The number of para-hydroxylation sites is 1. The van der Waals surface area contributed by atoms with Gasteiger partial charge in [-0.05, 0) is 42.2 Å². The number of benzene rings is 1. The van der Waals surface area contributed by atoms with Crippen LogP contribution in [-0.2, 0) is 6.42 Å². The molecule has 0 amide bonds. The standard InChI is InChI=1S/C14H19ClO/c1-10(2)13-5-3-4-12(8-11-6-7-11)14(13)16-9-15/h3-5,10-11H,6-9H2,1-2H3. The lowest BCUT2D eigenvalue weighted by atomic mass is 9.97. The second-order valence-corrected chi connectivity index (χ2v) is 5.11. The van der Waals surface area contributed by atoms with E-state index < -0.39 is 0 Å². The molecule has 1 saturated carbocycles. The van der Waals surface area contributed by atoms with Crippen molar-refractivity contribution in [1.29, 1.82) is 0 Å². The average molecular weight is 239 g/mol. The van der Waals surface area contributed by atoms with Crippen LogP contribution in [0.3, 0.4) is 0 Å². The zero-order valence-corrected chi connectivity index (χ0v) is 10.8. The second-order valence-electron chi connectivity index (χ2n) is 4.89. The zero-order valence-electron chi connectivity index (χ0n) is 10.0. The fraction of sp³-hybridized carbons (Fsp3) is 0.571. The average Bonchev–Trinajstić information content (AvgIpc) is 3.04. The lowest BCUT2D eigenvalue weighted by Crippen LogP contribution is -2.02. The van der Waals surface area contributed by atoms with E-state index in [1.54, 1.807) is 0 Å². The van der Waals surface area contributed by atoms with Gasteiger partial charge in [0.15, 0.2) is 6.07 Å². The third kappa shape index (κ3) is 2.70. The van der Waals surface area contributed by atoms with Crippen molar-refractivity contribution in [3.63, 3.8) is 0 Å². The highest BCUT2D eigenvalue weighted by molar-refractivity contribution is 6.17. The second kappa shape index (κ2) is 5.09. The van der Waals surface area contributed by atoms with Crippen molar-refractivity contribution in [1.82, 2.24) is 0 Å². The maximum absolute atomic E-state index is 5.71. The first-order valence-electron chi connectivity index (χ1n) is 6.03. The number of alkyl halides is 1. The summed E-state index contributed by atoms with van der Waals surface area (Å²) in [6, 6.07) is 6.69. The minimum Gasteiger partial charge on any atom is -0.477 e. The number of hydrogen-bond donors (Lipinski definition) is 0. The molecule has 0 atom stereocenters. The summed E-state index contributed by atoms with van der Waals surface area (Å²) in [6.07, 6.45) is 3.88. The van der Waals surface area contributed by atoms with Gasteiger partial charge in [0.05, 0.1) is 0 Å². The number of rotatable bonds is 5. The molecule has 0 heterocycles. The maximum Gasteiger partial charge on any atom is 0.162 e. The molecule has 1 fully saturated rings. The first-order chi connectivity index (χ1) is 7.72. The van der Waals surface area contributed by atoms with Crippen molar-refractivity contribution >= 4 is 11.6 Å². The van der Waals surface area contributed by atoms with Crippen LogP contribution in [0, 0.1) is 5.92 Å². The van der Waals surface area contributed by atoms with Gasteiger partial charge in [-0.3, -0.25) is 0 Å². The summed E-state index contributed by atoms with van der Waals surface area (Å²) in [5.41, 5.74) is 2.60. The Morgan fingerprint density at radius 2 is 2.12 bits per heavy atom.